The molecule has 0 fully saturated rings. The molecule has 41 heavy (non-hydrogen) atoms. The smallest absolute Gasteiger partial charge is 0.267 e. The molecule has 9 nitrogen and oxygen atoms in total. The number of carbonyl (C=O) groups is 1. The number of thiophene rings is 1. The normalized spacial score (nSPS) is 12.7. The van der Waals surface area contributed by atoms with Crippen LogP contribution in [-0.2, 0) is 13.0 Å². The van der Waals surface area contributed by atoms with Gasteiger partial charge in [-0.15, -0.1) is 11.3 Å². The van der Waals surface area contributed by atoms with E-state index >= 15 is 0 Å². The second kappa shape index (κ2) is 11.1. The molecule has 208 valence electrons. The first kappa shape index (κ1) is 26.7. The number of likely N-dealkylation sites (N-methyl/N-ethyl adjacent to an activating group) is 1. The third-order valence-corrected chi connectivity index (χ3v) is 8.25. The van der Waals surface area contributed by atoms with E-state index < -0.39 is 10.9 Å². The molecule has 0 spiro atoms. The zero-order valence-electron chi connectivity index (χ0n) is 22.9. The Balaban J connectivity index is 1.17. The minimum Gasteiger partial charge on any atom is -0.380 e. The van der Waals surface area contributed by atoms with Gasteiger partial charge in [-0.1, -0.05) is 24.3 Å². The van der Waals surface area contributed by atoms with Crippen LogP contribution in [0.4, 0.5) is 28.4 Å². The molecular weight excluding hydrogens is 536 g/mol. The zero-order chi connectivity index (χ0) is 28.5. The van der Waals surface area contributed by atoms with Crippen LogP contribution in [0.25, 0.3) is 10.9 Å². The second-order valence-corrected chi connectivity index (χ2v) is 11.2. The van der Waals surface area contributed by atoms with Crippen molar-refractivity contribution in [3.05, 3.63) is 103 Å². The fraction of sp³-hybridized carbons (Fsp3) is 0.226. The largest absolute Gasteiger partial charge is 0.380 e. The first-order chi connectivity index (χ1) is 19.9. The second-order valence-electron chi connectivity index (χ2n) is 10.3. The summed E-state index contributed by atoms with van der Waals surface area (Å²) in [5.74, 6) is -0.216. The van der Waals surface area contributed by atoms with Crippen molar-refractivity contribution in [2.75, 3.05) is 54.6 Å². The van der Waals surface area contributed by atoms with E-state index in [1.165, 1.54) is 11.3 Å². The number of hydrogen-bond donors (Lipinski definition) is 3. The monoisotopic (exact) mass is 566 g/mol. The quantitative estimate of drug-likeness (QED) is 0.213. The molecule has 0 bridgehead atoms. The van der Waals surface area contributed by atoms with E-state index in [1.807, 2.05) is 83.9 Å². The lowest BCUT2D eigenvalue weighted by molar-refractivity contribution is 0.103. The van der Waals surface area contributed by atoms with Crippen LogP contribution in [-0.4, -0.2) is 49.5 Å². The van der Waals surface area contributed by atoms with Gasteiger partial charge in [0.25, 0.3) is 16.8 Å². The molecule has 3 N–H and O–H groups in total. The van der Waals surface area contributed by atoms with Crippen LogP contribution >= 0.6 is 11.3 Å². The Kier molecular flexibility index (Phi) is 7.25. The number of nitrogens with zero attached hydrogens (tertiary/aromatic N) is 3. The molecule has 10 heteroatoms. The first-order valence-electron chi connectivity index (χ1n) is 13.5. The Morgan fingerprint density at radius 1 is 1.05 bits per heavy atom. The maximum atomic E-state index is 13.3. The number of fused-ring (bicyclic) bond motifs is 2. The van der Waals surface area contributed by atoms with E-state index in [-0.39, 0.29) is 5.91 Å². The topological polar surface area (TPSA) is 107 Å². The lowest BCUT2D eigenvalue weighted by Gasteiger charge is -2.24. The molecule has 0 saturated heterocycles. The lowest BCUT2D eigenvalue weighted by Crippen LogP contribution is -2.41. The van der Waals surface area contributed by atoms with Crippen molar-refractivity contribution >= 4 is 56.6 Å². The SMILES string of the molecule is CN(C)CCNc1c(N2CCc3ccc(NC(=O)c4sccc4NCc4ccnc5ccccc45)cc32)c(=O)c1=O. The van der Waals surface area contributed by atoms with E-state index in [0.717, 1.165) is 46.4 Å². The van der Waals surface area contributed by atoms with Gasteiger partial charge in [0.15, 0.2) is 0 Å². The molecule has 0 atom stereocenters. The lowest BCUT2D eigenvalue weighted by atomic mass is 10.1. The van der Waals surface area contributed by atoms with Gasteiger partial charge in [0.1, 0.15) is 16.3 Å². The number of amides is 1. The van der Waals surface area contributed by atoms with Crippen LogP contribution in [0.2, 0.25) is 0 Å². The molecule has 1 aliphatic rings. The first-order valence-corrected chi connectivity index (χ1v) is 14.4. The summed E-state index contributed by atoms with van der Waals surface area (Å²) in [5, 5.41) is 12.5. The summed E-state index contributed by atoms with van der Waals surface area (Å²) < 4.78 is 0. The Morgan fingerprint density at radius 3 is 2.76 bits per heavy atom. The molecule has 0 aliphatic carbocycles. The van der Waals surface area contributed by atoms with Gasteiger partial charge in [-0.3, -0.25) is 19.4 Å². The van der Waals surface area contributed by atoms with Gasteiger partial charge in [0, 0.05) is 49.1 Å². The molecule has 1 aliphatic heterocycles. The summed E-state index contributed by atoms with van der Waals surface area (Å²) in [4.78, 5) is 47.1. The molecule has 0 saturated carbocycles. The van der Waals surface area contributed by atoms with Gasteiger partial charge < -0.3 is 25.8 Å². The Hall–Kier alpha value is -4.54. The van der Waals surface area contributed by atoms with E-state index in [1.54, 1.807) is 6.20 Å². The number of para-hydroxylation sites is 1. The van der Waals surface area contributed by atoms with Gasteiger partial charge in [-0.25, -0.2) is 0 Å². The van der Waals surface area contributed by atoms with Crippen molar-refractivity contribution in [2.24, 2.45) is 0 Å². The predicted octanol–water partition coefficient (Wildman–Crippen LogP) is 4.42. The fourth-order valence-electron chi connectivity index (χ4n) is 5.21. The molecule has 6 rings (SSSR count). The molecule has 3 aromatic carbocycles. The highest BCUT2D eigenvalue weighted by Gasteiger charge is 2.31. The number of rotatable bonds is 10. The number of pyridine rings is 1. The highest BCUT2D eigenvalue weighted by Crippen LogP contribution is 2.38. The molecule has 2 aromatic heterocycles. The van der Waals surface area contributed by atoms with Crippen molar-refractivity contribution in [2.45, 2.75) is 13.0 Å². The van der Waals surface area contributed by atoms with Crippen LogP contribution in [0.5, 0.6) is 0 Å². The maximum absolute atomic E-state index is 13.3. The standard InChI is InChI=1S/C31H30N6O3S/c1-36(2)15-13-33-26-27(29(39)28(26)38)37-14-10-19-7-8-21(17-25(19)37)35-31(40)30-24(11-16-41-30)34-18-20-9-12-32-23-6-4-3-5-22(20)23/h3-9,11-12,16-17,33-34H,10,13-15,18H2,1-2H3,(H,35,40). The summed E-state index contributed by atoms with van der Waals surface area (Å²) in [5.41, 5.74) is 5.14. The van der Waals surface area contributed by atoms with Crippen LogP contribution < -0.4 is 31.7 Å². The van der Waals surface area contributed by atoms with Crippen LogP contribution in [0.3, 0.4) is 0 Å². The molecule has 1 amide bonds. The predicted molar refractivity (Wildman–Crippen MR) is 167 cm³/mol. The van der Waals surface area contributed by atoms with Gasteiger partial charge in [-0.05, 0) is 67.4 Å². The molecule has 5 aromatic rings. The highest BCUT2D eigenvalue weighted by atomic mass is 32.1. The minimum absolute atomic E-state index is 0.216. The highest BCUT2D eigenvalue weighted by molar-refractivity contribution is 7.12. The van der Waals surface area contributed by atoms with E-state index in [4.69, 9.17) is 0 Å². The fourth-order valence-corrected chi connectivity index (χ4v) is 5.97. The van der Waals surface area contributed by atoms with Crippen molar-refractivity contribution in [1.82, 2.24) is 9.88 Å². The zero-order valence-corrected chi connectivity index (χ0v) is 23.7. The average molecular weight is 567 g/mol. The average Bonchev–Trinajstić information content (AvgIpc) is 3.62. The summed E-state index contributed by atoms with van der Waals surface area (Å²) in [6, 6.07) is 17.6. The van der Waals surface area contributed by atoms with Crippen LogP contribution in [0.1, 0.15) is 20.8 Å². The number of anilines is 5. The Bertz CT molecular complexity index is 1820. The summed E-state index contributed by atoms with van der Waals surface area (Å²) in [6.45, 7) is 2.46. The minimum atomic E-state index is -0.478. The Morgan fingerprint density at radius 2 is 1.90 bits per heavy atom. The number of aromatic nitrogens is 1. The van der Waals surface area contributed by atoms with E-state index in [9.17, 15) is 14.4 Å². The number of nitrogens with one attached hydrogen (secondary N) is 3. The Labute approximate surface area is 241 Å². The third-order valence-electron chi connectivity index (χ3n) is 7.33. The van der Waals surface area contributed by atoms with Crippen molar-refractivity contribution in [3.8, 4) is 0 Å². The van der Waals surface area contributed by atoms with Gasteiger partial charge >= 0.3 is 0 Å². The molecule has 0 unspecified atom stereocenters. The molecule has 0 radical (unpaired) electrons. The van der Waals surface area contributed by atoms with Crippen molar-refractivity contribution in [1.29, 1.82) is 0 Å². The van der Waals surface area contributed by atoms with E-state index in [0.29, 0.717) is 41.6 Å². The number of benzene rings is 2. The van der Waals surface area contributed by atoms with Crippen molar-refractivity contribution < 1.29 is 4.79 Å². The third kappa shape index (κ3) is 5.19. The summed E-state index contributed by atoms with van der Waals surface area (Å²) in [7, 11) is 3.91. The van der Waals surface area contributed by atoms with Gasteiger partial charge in [-0.2, -0.15) is 0 Å². The number of hydrogen-bond acceptors (Lipinski definition) is 9. The summed E-state index contributed by atoms with van der Waals surface area (Å²) in [6.07, 6.45) is 2.55. The van der Waals surface area contributed by atoms with Gasteiger partial charge in [0.05, 0.1) is 11.2 Å². The molecular formula is C31H30N6O3S. The maximum Gasteiger partial charge on any atom is 0.267 e. The van der Waals surface area contributed by atoms with Crippen LogP contribution in [0, 0.1) is 0 Å². The summed E-state index contributed by atoms with van der Waals surface area (Å²) >= 11 is 1.37. The van der Waals surface area contributed by atoms with Crippen LogP contribution in [0.15, 0.2) is 75.8 Å². The van der Waals surface area contributed by atoms with Gasteiger partial charge in [0.2, 0.25) is 0 Å². The van der Waals surface area contributed by atoms with E-state index in [2.05, 4.69) is 20.9 Å². The number of carbonyl (C=O) groups excluding carboxylic acids is 1. The van der Waals surface area contributed by atoms with Crippen molar-refractivity contribution in [3.63, 3.8) is 0 Å². The molecule has 3 heterocycles.